The van der Waals surface area contributed by atoms with Crippen LogP contribution >= 0.6 is 0 Å². The summed E-state index contributed by atoms with van der Waals surface area (Å²) in [5.74, 6) is -1.40. The number of carbonyl (C=O) groups is 2. The number of hydrogen-bond acceptors (Lipinski definition) is 3. The average molecular weight is 299 g/mol. The summed E-state index contributed by atoms with van der Waals surface area (Å²) in [5, 5.41) is 21.1. The third-order valence-electron chi connectivity index (χ3n) is 3.37. The first-order valence-corrected chi connectivity index (χ1v) is 6.84. The van der Waals surface area contributed by atoms with Crippen molar-refractivity contribution in [1.29, 1.82) is 0 Å². The van der Waals surface area contributed by atoms with Crippen molar-refractivity contribution in [2.24, 2.45) is 0 Å². The molecule has 3 N–H and O–H groups in total. The summed E-state index contributed by atoms with van der Waals surface area (Å²) in [6, 6.07) is 12.2. The van der Waals surface area contributed by atoms with Gasteiger partial charge in [0.25, 0.3) is 5.91 Å². The van der Waals surface area contributed by atoms with Gasteiger partial charge >= 0.3 is 5.97 Å². The Balaban J connectivity index is 2.12. The van der Waals surface area contributed by atoms with Crippen LogP contribution < -0.4 is 5.32 Å². The van der Waals surface area contributed by atoms with E-state index in [1.54, 1.807) is 37.3 Å². The second-order valence-electron chi connectivity index (χ2n) is 5.05. The van der Waals surface area contributed by atoms with Gasteiger partial charge in [0, 0.05) is 12.0 Å². The fraction of sp³-hybridized carbons (Fsp3) is 0.176. The number of carbonyl (C=O) groups excluding carboxylic acids is 1. The summed E-state index contributed by atoms with van der Waals surface area (Å²) in [4.78, 5) is 23.6. The first kappa shape index (κ1) is 15.6. The van der Waals surface area contributed by atoms with Crippen molar-refractivity contribution in [2.75, 3.05) is 0 Å². The summed E-state index contributed by atoms with van der Waals surface area (Å²) in [7, 11) is 0. The van der Waals surface area contributed by atoms with Gasteiger partial charge in [0.1, 0.15) is 11.8 Å². The van der Waals surface area contributed by atoms with E-state index in [0.717, 1.165) is 11.1 Å². The number of carboxylic acids is 1. The topological polar surface area (TPSA) is 86.6 Å². The maximum atomic E-state index is 12.2. The lowest BCUT2D eigenvalue weighted by molar-refractivity contribution is -0.139. The van der Waals surface area contributed by atoms with E-state index in [1.807, 2.05) is 6.07 Å². The molecule has 0 aliphatic rings. The van der Waals surface area contributed by atoms with Gasteiger partial charge in [-0.2, -0.15) is 0 Å². The lowest BCUT2D eigenvalue weighted by Gasteiger charge is -2.15. The summed E-state index contributed by atoms with van der Waals surface area (Å²) in [6.45, 7) is 1.80. The number of amides is 1. The molecule has 2 aromatic carbocycles. The Morgan fingerprint density at radius 1 is 1.09 bits per heavy atom. The number of carboxylic acid groups (broad SMARTS) is 1. The second kappa shape index (κ2) is 6.76. The molecule has 114 valence electrons. The minimum atomic E-state index is -1.10. The minimum Gasteiger partial charge on any atom is -0.508 e. The fourth-order valence-corrected chi connectivity index (χ4v) is 2.13. The van der Waals surface area contributed by atoms with Gasteiger partial charge in [-0.1, -0.05) is 30.3 Å². The Hall–Kier alpha value is -2.82. The Morgan fingerprint density at radius 3 is 2.32 bits per heavy atom. The zero-order valence-electron chi connectivity index (χ0n) is 12.1. The quantitative estimate of drug-likeness (QED) is 0.789. The molecule has 1 unspecified atom stereocenters. The Bertz CT molecular complexity index is 679. The molecule has 0 bridgehead atoms. The van der Waals surface area contributed by atoms with Crippen LogP contribution in [0.15, 0.2) is 48.5 Å². The number of phenols is 1. The van der Waals surface area contributed by atoms with E-state index in [0.29, 0.717) is 5.56 Å². The van der Waals surface area contributed by atoms with Crippen molar-refractivity contribution < 1.29 is 19.8 Å². The fourth-order valence-electron chi connectivity index (χ4n) is 2.13. The Morgan fingerprint density at radius 2 is 1.73 bits per heavy atom. The molecule has 0 spiro atoms. The standard InChI is InChI=1S/C17H17NO4/c1-11-4-2-3-5-14(11)16(20)18-15(17(21)22)10-12-6-8-13(19)9-7-12/h2-9,15,19H,10H2,1H3,(H,18,20)(H,21,22). The zero-order valence-corrected chi connectivity index (χ0v) is 12.1. The van der Waals surface area contributed by atoms with E-state index < -0.39 is 17.9 Å². The highest BCUT2D eigenvalue weighted by molar-refractivity contribution is 5.97. The van der Waals surface area contributed by atoms with Crippen LogP contribution in [0.4, 0.5) is 0 Å². The summed E-state index contributed by atoms with van der Waals surface area (Å²) in [5.41, 5.74) is 1.96. The lowest BCUT2D eigenvalue weighted by atomic mass is 10.0. The van der Waals surface area contributed by atoms with Crippen molar-refractivity contribution in [3.05, 3.63) is 65.2 Å². The van der Waals surface area contributed by atoms with E-state index in [9.17, 15) is 19.8 Å². The van der Waals surface area contributed by atoms with Crippen LogP contribution in [-0.4, -0.2) is 28.1 Å². The van der Waals surface area contributed by atoms with Crippen molar-refractivity contribution in [2.45, 2.75) is 19.4 Å². The molecule has 0 saturated heterocycles. The summed E-state index contributed by atoms with van der Waals surface area (Å²) >= 11 is 0. The van der Waals surface area contributed by atoms with E-state index in [2.05, 4.69) is 5.32 Å². The Labute approximate surface area is 128 Å². The van der Waals surface area contributed by atoms with Crippen molar-refractivity contribution in [3.8, 4) is 5.75 Å². The predicted molar refractivity (Wildman–Crippen MR) is 81.9 cm³/mol. The van der Waals surface area contributed by atoms with E-state index in [4.69, 9.17) is 0 Å². The van der Waals surface area contributed by atoms with E-state index in [1.165, 1.54) is 12.1 Å². The molecule has 5 nitrogen and oxygen atoms in total. The normalized spacial score (nSPS) is 11.7. The number of rotatable bonds is 5. The van der Waals surface area contributed by atoms with Gasteiger partial charge in [0.15, 0.2) is 0 Å². The average Bonchev–Trinajstić information content (AvgIpc) is 2.49. The molecule has 5 heteroatoms. The van der Waals surface area contributed by atoms with Crippen LogP contribution in [0.25, 0.3) is 0 Å². The van der Waals surface area contributed by atoms with Crippen molar-refractivity contribution >= 4 is 11.9 Å². The number of nitrogens with one attached hydrogen (secondary N) is 1. The van der Waals surface area contributed by atoms with Gasteiger partial charge in [-0.25, -0.2) is 4.79 Å². The molecule has 0 aromatic heterocycles. The molecule has 0 radical (unpaired) electrons. The van der Waals surface area contributed by atoms with Gasteiger partial charge < -0.3 is 15.5 Å². The number of hydrogen-bond donors (Lipinski definition) is 3. The molecule has 0 heterocycles. The molecule has 0 aliphatic heterocycles. The molecule has 22 heavy (non-hydrogen) atoms. The first-order chi connectivity index (χ1) is 10.5. The summed E-state index contributed by atoms with van der Waals surface area (Å²) in [6.07, 6.45) is 0.146. The van der Waals surface area contributed by atoms with E-state index in [-0.39, 0.29) is 12.2 Å². The number of aliphatic carboxylic acids is 1. The van der Waals surface area contributed by atoms with Crippen LogP contribution in [0.2, 0.25) is 0 Å². The molecule has 2 rings (SSSR count). The molecule has 1 atom stereocenters. The van der Waals surface area contributed by atoms with Gasteiger partial charge in [-0.15, -0.1) is 0 Å². The summed E-state index contributed by atoms with van der Waals surface area (Å²) < 4.78 is 0. The minimum absolute atomic E-state index is 0.111. The predicted octanol–water partition coefficient (Wildman–Crippen LogP) is 2.13. The molecule has 0 aliphatic carbocycles. The maximum Gasteiger partial charge on any atom is 0.326 e. The third kappa shape index (κ3) is 3.85. The van der Waals surface area contributed by atoms with Crippen LogP contribution in [0, 0.1) is 6.92 Å². The lowest BCUT2D eigenvalue weighted by Crippen LogP contribution is -2.42. The molecular weight excluding hydrogens is 282 g/mol. The zero-order chi connectivity index (χ0) is 16.1. The van der Waals surface area contributed by atoms with Crippen LogP contribution in [0.5, 0.6) is 5.75 Å². The van der Waals surface area contributed by atoms with E-state index >= 15 is 0 Å². The van der Waals surface area contributed by atoms with Gasteiger partial charge in [0.05, 0.1) is 0 Å². The smallest absolute Gasteiger partial charge is 0.326 e. The highest BCUT2D eigenvalue weighted by atomic mass is 16.4. The number of phenolic OH excluding ortho intramolecular Hbond substituents is 1. The number of benzene rings is 2. The molecule has 2 aromatic rings. The molecule has 0 saturated carbocycles. The molecule has 0 fully saturated rings. The van der Waals surface area contributed by atoms with Gasteiger partial charge in [0.2, 0.25) is 0 Å². The monoisotopic (exact) mass is 299 g/mol. The highest BCUT2D eigenvalue weighted by Gasteiger charge is 2.21. The van der Waals surface area contributed by atoms with Gasteiger partial charge in [-0.05, 0) is 36.2 Å². The van der Waals surface area contributed by atoms with Crippen molar-refractivity contribution in [1.82, 2.24) is 5.32 Å². The molecular formula is C17H17NO4. The van der Waals surface area contributed by atoms with Crippen LogP contribution in [0.3, 0.4) is 0 Å². The largest absolute Gasteiger partial charge is 0.508 e. The SMILES string of the molecule is Cc1ccccc1C(=O)NC(Cc1ccc(O)cc1)C(=O)O. The van der Waals surface area contributed by atoms with Crippen LogP contribution in [0.1, 0.15) is 21.5 Å². The maximum absolute atomic E-state index is 12.2. The number of aromatic hydroxyl groups is 1. The number of aryl methyl sites for hydroxylation is 1. The van der Waals surface area contributed by atoms with Crippen LogP contribution in [-0.2, 0) is 11.2 Å². The van der Waals surface area contributed by atoms with Gasteiger partial charge in [-0.3, -0.25) is 4.79 Å². The van der Waals surface area contributed by atoms with Crippen molar-refractivity contribution in [3.63, 3.8) is 0 Å². The Kier molecular flexibility index (Phi) is 4.78. The molecule has 1 amide bonds. The third-order valence-corrected chi connectivity index (χ3v) is 3.37. The second-order valence-corrected chi connectivity index (χ2v) is 5.05. The first-order valence-electron chi connectivity index (χ1n) is 6.84. The highest BCUT2D eigenvalue weighted by Crippen LogP contribution is 2.12.